The topological polar surface area (TPSA) is 24.3 Å². The zero-order valence-corrected chi connectivity index (χ0v) is 19.0. The lowest BCUT2D eigenvalue weighted by atomic mass is 10.1. The Bertz CT molecular complexity index is 1140. The van der Waals surface area contributed by atoms with Gasteiger partial charge in [0.05, 0.1) is 11.2 Å². The minimum Gasteiger partial charge on any atom is -0.369 e. The van der Waals surface area contributed by atoms with Crippen molar-refractivity contribution in [1.82, 2.24) is 14.7 Å². The van der Waals surface area contributed by atoms with E-state index >= 15 is 0 Å². The highest BCUT2D eigenvalue weighted by molar-refractivity contribution is 5.93. The van der Waals surface area contributed by atoms with Crippen LogP contribution in [0.4, 0.5) is 5.69 Å². The van der Waals surface area contributed by atoms with Crippen LogP contribution in [-0.2, 0) is 6.54 Å². The van der Waals surface area contributed by atoms with Crippen LogP contribution in [0.5, 0.6) is 0 Å². The molecule has 1 fully saturated rings. The number of hydrogen-bond donors (Lipinski definition) is 0. The van der Waals surface area contributed by atoms with Gasteiger partial charge in [0.2, 0.25) is 0 Å². The van der Waals surface area contributed by atoms with Gasteiger partial charge in [0.1, 0.15) is 0 Å². The second-order valence-corrected chi connectivity index (χ2v) is 8.83. The molecule has 0 unspecified atom stereocenters. The summed E-state index contributed by atoms with van der Waals surface area (Å²) < 4.78 is 2.23. The van der Waals surface area contributed by atoms with Crippen LogP contribution in [-0.4, -0.2) is 47.4 Å². The summed E-state index contributed by atoms with van der Waals surface area (Å²) in [7, 11) is 0. The van der Waals surface area contributed by atoms with Crippen LogP contribution in [0.3, 0.4) is 0 Å². The first-order valence-electron chi connectivity index (χ1n) is 11.8. The molecule has 1 aliphatic rings. The third kappa shape index (κ3) is 4.56. The smallest absolute Gasteiger partial charge is 0.0930 e. The molecule has 4 aromatic rings. The normalized spacial score (nSPS) is 14.8. The fourth-order valence-corrected chi connectivity index (χ4v) is 4.77. The maximum atomic E-state index is 4.95. The van der Waals surface area contributed by atoms with Crippen LogP contribution in [0.1, 0.15) is 18.4 Å². The van der Waals surface area contributed by atoms with Gasteiger partial charge in [-0.15, -0.1) is 0 Å². The Labute approximate surface area is 191 Å². The second kappa shape index (κ2) is 9.58. The van der Waals surface area contributed by atoms with Crippen molar-refractivity contribution in [2.45, 2.75) is 26.3 Å². The molecule has 0 spiro atoms. The Morgan fingerprint density at radius 1 is 0.750 bits per heavy atom. The quantitative estimate of drug-likeness (QED) is 0.360. The molecule has 164 valence electrons. The molecule has 5 rings (SSSR count). The van der Waals surface area contributed by atoms with Crippen molar-refractivity contribution < 1.29 is 0 Å². The van der Waals surface area contributed by atoms with E-state index in [2.05, 4.69) is 100 Å². The summed E-state index contributed by atoms with van der Waals surface area (Å²) in [5.41, 5.74) is 6.22. The number of aromatic nitrogens is 2. The Balaban J connectivity index is 1.19. The van der Waals surface area contributed by atoms with Crippen LogP contribution in [0.15, 0.2) is 78.9 Å². The number of piperazine rings is 1. The number of rotatable bonds is 7. The number of fused-ring (bicyclic) bond motifs is 1. The predicted molar refractivity (Wildman–Crippen MR) is 134 cm³/mol. The number of para-hydroxylation sites is 1. The first kappa shape index (κ1) is 20.8. The minimum atomic E-state index is 0.960. The van der Waals surface area contributed by atoms with Crippen LogP contribution < -0.4 is 4.90 Å². The van der Waals surface area contributed by atoms with Gasteiger partial charge in [0, 0.05) is 49.4 Å². The molecular formula is C28H32N4. The molecule has 0 aliphatic carbocycles. The molecule has 2 heterocycles. The van der Waals surface area contributed by atoms with Gasteiger partial charge < -0.3 is 4.90 Å². The van der Waals surface area contributed by atoms with E-state index in [0.717, 1.165) is 44.7 Å². The fraction of sp³-hybridized carbons (Fsp3) is 0.321. The van der Waals surface area contributed by atoms with Gasteiger partial charge in [0.15, 0.2) is 0 Å². The van der Waals surface area contributed by atoms with Gasteiger partial charge in [-0.3, -0.25) is 9.58 Å². The Morgan fingerprint density at radius 3 is 2.19 bits per heavy atom. The van der Waals surface area contributed by atoms with Crippen molar-refractivity contribution in [2.75, 3.05) is 37.6 Å². The van der Waals surface area contributed by atoms with Gasteiger partial charge in [-0.2, -0.15) is 5.10 Å². The molecule has 1 saturated heterocycles. The van der Waals surface area contributed by atoms with Crippen molar-refractivity contribution in [3.63, 3.8) is 0 Å². The maximum Gasteiger partial charge on any atom is 0.0930 e. The standard InChI is InChI=1S/C28H32N4/c1-23-14-15-27-26(22-23)28(24-10-4-2-5-11-24)32(29-27)17-9-8-16-30-18-20-31(21-19-30)25-12-6-3-7-13-25/h2-7,10-15,22H,8-9,16-21H2,1H3. The van der Waals surface area contributed by atoms with Crippen LogP contribution in [0, 0.1) is 6.92 Å². The SMILES string of the molecule is Cc1ccc2nn(CCCCN3CCN(c4ccccc4)CC3)c(-c3ccccc3)c2c1. The summed E-state index contributed by atoms with van der Waals surface area (Å²) in [4.78, 5) is 5.11. The molecule has 1 aromatic heterocycles. The Morgan fingerprint density at radius 2 is 1.44 bits per heavy atom. The van der Waals surface area contributed by atoms with Crippen LogP contribution in [0.2, 0.25) is 0 Å². The average Bonchev–Trinajstić information content (AvgIpc) is 3.20. The summed E-state index contributed by atoms with van der Waals surface area (Å²) in [5.74, 6) is 0. The number of benzene rings is 3. The van der Waals surface area contributed by atoms with Crippen molar-refractivity contribution in [3.05, 3.63) is 84.4 Å². The predicted octanol–water partition coefficient (Wildman–Crippen LogP) is 5.61. The third-order valence-electron chi connectivity index (χ3n) is 6.53. The maximum absolute atomic E-state index is 4.95. The number of anilines is 1. The molecule has 0 bridgehead atoms. The highest BCUT2D eigenvalue weighted by Crippen LogP contribution is 2.29. The largest absolute Gasteiger partial charge is 0.369 e. The summed E-state index contributed by atoms with van der Waals surface area (Å²) in [6.45, 7) is 8.82. The summed E-state index contributed by atoms with van der Waals surface area (Å²) in [5, 5.41) is 6.21. The number of unbranched alkanes of at least 4 members (excludes halogenated alkanes) is 1. The van der Waals surface area contributed by atoms with E-state index in [4.69, 9.17) is 5.10 Å². The summed E-state index contributed by atoms with van der Waals surface area (Å²) in [6.07, 6.45) is 2.35. The van der Waals surface area contributed by atoms with E-state index in [1.807, 2.05) is 0 Å². The van der Waals surface area contributed by atoms with Crippen molar-refractivity contribution in [2.24, 2.45) is 0 Å². The number of hydrogen-bond acceptors (Lipinski definition) is 3. The van der Waals surface area contributed by atoms with Crippen LogP contribution >= 0.6 is 0 Å². The molecule has 3 aromatic carbocycles. The van der Waals surface area contributed by atoms with Gasteiger partial charge >= 0.3 is 0 Å². The lowest BCUT2D eigenvalue weighted by Crippen LogP contribution is -2.46. The molecule has 0 amide bonds. The van der Waals surface area contributed by atoms with E-state index in [1.165, 1.54) is 40.9 Å². The lowest BCUT2D eigenvalue weighted by Gasteiger charge is -2.36. The third-order valence-corrected chi connectivity index (χ3v) is 6.53. The molecule has 1 aliphatic heterocycles. The monoisotopic (exact) mass is 424 g/mol. The fourth-order valence-electron chi connectivity index (χ4n) is 4.77. The van der Waals surface area contributed by atoms with Gasteiger partial charge in [-0.05, 0) is 50.6 Å². The van der Waals surface area contributed by atoms with E-state index < -0.39 is 0 Å². The zero-order valence-electron chi connectivity index (χ0n) is 19.0. The van der Waals surface area contributed by atoms with Crippen LogP contribution in [0.25, 0.3) is 22.2 Å². The van der Waals surface area contributed by atoms with E-state index in [9.17, 15) is 0 Å². The molecule has 32 heavy (non-hydrogen) atoms. The minimum absolute atomic E-state index is 0.960. The molecule has 4 nitrogen and oxygen atoms in total. The van der Waals surface area contributed by atoms with E-state index in [-0.39, 0.29) is 0 Å². The summed E-state index contributed by atoms with van der Waals surface area (Å²) >= 11 is 0. The lowest BCUT2D eigenvalue weighted by molar-refractivity contribution is 0.251. The first-order chi connectivity index (χ1) is 15.8. The van der Waals surface area contributed by atoms with Crippen molar-refractivity contribution >= 4 is 16.6 Å². The number of nitrogens with zero attached hydrogens (tertiary/aromatic N) is 4. The second-order valence-electron chi connectivity index (χ2n) is 8.83. The highest BCUT2D eigenvalue weighted by Gasteiger charge is 2.17. The highest BCUT2D eigenvalue weighted by atomic mass is 15.3. The number of aryl methyl sites for hydroxylation is 2. The Kier molecular flexibility index (Phi) is 6.22. The van der Waals surface area contributed by atoms with Gasteiger partial charge in [-0.25, -0.2) is 0 Å². The molecule has 0 saturated carbocycles. The van der Waals surface area contributed by atoms with Gasteiger partial charge in [-0.1, -0.05) is 60.2 Å². The van der Waals surface area contributed by atoms with E-state index in [1.54, 1.807) is 0 Å². The summed E-state index contributed by atoms with van der Waals surface area (Å²) in [6, 6.07) is 28.1. The average molecular weight is 425 g/mol. The Hall–Kier alpha value is -3.11. The van der Waals surface area contributed by atoms with Crippen molar-refractivity contribution in [3.8, 4) is 11.3 Å². The van der Waals surface area contributed by atoms with E-state index in [0.29, 0.717) is 0 Å². The molecule has 4 heteroatoms. The molecule has 0 radical (unpaired) electrons. The first-order valence-corrected chi connectivity index (χ1v) is 11.8. The van der Waals surface area contributed by atoms with Crippen molar-refractivity contribution in [1.29, 1.82) is 0 Å². The zero-order chi connectivity index (χ0) is 21.8. The molecule has 0 atom stereocenters. The van der Waals surface area contributed by atoms with Gasteiger partial charge in [0.25, 0.3) is 0 Å². The molecule has 0 N–H and O–H groups in total. The molecular weight excluding hydrogens is 392 g/mol.